The maximum Gasteiger partial charge on any atom is 0.245 e. The number of hydrogen-bond donors (Lipinski definition) is 2. The number of likely N-dealkylation sites (tertiary alicyclic amines) is 1. The number of carbonyl (C=O) groups excluding carboxylic acids is 1. The summed E-state index contributed by atoms with van der Waals surface area (Å²) in [5.74, 6) is 1.12. The van der Waals surface area contributed by atoms with E-state index in [0.29, 0.717) is 12.0 Å². The molecule has 1 aromatic rings. The van der Waals surface area contributed by atoms with Gasteiger partial charge in [-0.1, -0.05) is 12.1 Å². The molecule has 1 aromatic carbocycles. The molecule has 2 heterocycles. The fourth-order valence-corrected chi connectivity index (χ4v) is 4.88. The van der Waals surface area contributed by atoms with Crippen LogP contribution in [0.4, 0.5) is 5.69 Å². The summed E-state index contributed by atoms with van der Waals surface area (Å²) in [5, 5.41) is 12.1. The van der Waals surface area contributed by atoms with E-state index in [0.717, 1.165) is 32.1 Å². The van der Waals surface area contributed by atoms with Crippen LogP contribution in [0.5, 0.6) is 0 Å². The second kappa shape index (κ2) is 7.57. The monoisotopic (exact) mass is 357 g/mol. The molecule has 142 valence electrons. The molecule has 5 heteroatoms. The predicted octanol–water partition coefficient (Wildman–Crippen LogP) is 1.78. The van der Waals surface area contributed by atoms with Crippen LogP contribution in [0.1, 0.15) is 31.2 Å². The van der Waals surface area contributed by atoms with Gasteiger partial charge in [-0.05, 0) is 62.1 Å². The van der Waals surface area contributed by atoms with E-state index in [2.05, 4.69) is 46.3 Å². The van der Waals surface area contributed by atoms with Gasteiger partial charge >= 0.3 is 0 Å². The average molecular weight is 357 g/mol. The third-order valence-corrected chi connectivity index (χ3v) is 6.46. The van der Waals surface area contributed by atoms with Crippen LogP contribution in [0.2, 0.25) is 0 Å². The minimum atomic E-state index is -0.400. The SMILES string of the molecule is Cc1cccc(N2CCC(N3C[C@H](NC(=O)CO)[C@@H](C4CC4)C3)CC2)c1. The molecule has 2 atom stereocenters. The Kier molecular flexibility index (Phi) is 5.18. The third kappa shape index (κ3) is 3.89. The lowest BCUT2D eigenvalue weighted by Crippen LogP contribution is -2.46. The molecular formula is C21H31N3O2. The van der Waals surface area contributed by atoms with Crippen molar-refractivity contribution >= 4 is 11.6 Å². The van der Waals surface area contributed by atoms with E-state index in [-0.39, 0.29) is 11.9 Å². The number of hydrogen-bond acceptors (Lipinski definition) is 4. The van der Waals surface area contributed by atoms with Crippen molar-refractivity contribution in [3.8, 4) is 0 Å². The topological polar surface area (TPSA) is 55.8 Å². The Morgan fingerprint density at radius 3 is 2.62 bits per heavy atom. The fraction of sp³-hybridized carbons (Fsp3) is 0.667. The summed E-state index contributed by atoms with van der Waals surface area (Å²) in [6, 6.07) is 9.63. The van der Waals surface area contributed by atoms with Crippen LogP contribution in [0.3, 0.4) is 0 Å². The highest BCUT2D eigenvalue weighted by atomic mass is 16.3. The predicted molar refractivity (Wildman–Crippen MR) is 103 cm³/mol. The van der Waals surface area contributed by atoms with E-state index in [1.54, 1.807) is 0 Å². The molecule has 0 unspecified atom stereocenters. The van der Waals surface area contributed by atoms with Crippen LogP contribution < -0.4 is 10.2 Å². The molecular weight excluding hydrogens is 326 g/mol. The highest BCUT2D eigenvalue weighted by Crippen LogP contribution is 2.42. The van der Waals surface area contributed by atoms with Gasteiger partial charge in [0.2, 0.25) is 5.91 Å². The Labute approximate surface area is 156 Å². The van der Waals surface area contributed by atoms with E-state index < -0.39 is 6.61 Å². The molecule has 2 N–H and O–H groups in total. The lowest BCUT2D eigenvalue weighted by Gasteiger charge is -2.38. The molecule has 1 aliphatic carbocycles. The van der Waals surface area contributed by atoms with Crippen molar-refractivity contribution in [2.45, 2.75) is 44.7 Å². The normalized spacial score (nSPS) is 27.7. The summed E-state index contributed by atoms with van der Waals surface area (Å²) in [7, 11) is 0. The molecule has 1 amide bonds. The van der Waals surface area contributed by atoms with Crippen molar-refractivity contribution in [1.29, 1.82) is 0 Å². The van der Waals surface area contributed by atoms with Gasteiger partial charge in [-0.15, -0.1) is 0 Å². The highest BCUT2D eigenvalue weighted by Gasteiger charge is 2.44. The van der Waals surface area contributed by atoms with Gasteiger partial charge in [0, 0.05) is 44.0 Å². The fourth-order valence-electron chi connectivity index (χ4n) is 4.88. The number of piperidine rings is 1. The lowest BCUT2D eigenvalue weighted by atomic mass is 9.98. The molecule has 0 spiro atoms. The van der Waals surface area contributed by atoms with Crippen LogP contribution in [0.15, 0.2) is 24.3 Å². The van der Waals surface area contributed by atoms with Gasteiger partial charge in [0.25, 0.3) is 0 Å². The van der Waals surface area contributed by atoms with Crippen LogP contribution in [0, 0.1) is 18.8 Å². The van der Waals surface area contributed by atoms with Crippen LogP contribution in [0.25, 0.3) is 0 Å². The van der Waals surface area contributed by atoms with Crippen LogP contribution >= 0.6 is 0 Å². The number of aryl methyl sites for hydroxylation is 1. The molecule has 0 radical (unpaired) electrons. The first-order valence-corrected chi connectivity index (χ1v) is 10.1. The number of aliphatic hydroxyl groups is 1. The molecule has 2 saturated heterocycles. The van der Waals surface area contributed by atoms with Crippen molar-refractivity contribution in [3.05, 3.63) is 29.8 Å². The van der Waals surface area contributed by atoms with Gasteiger partial charge in [-0.2, -0.15) is 0 Å². The molecule has 1 saturated carbocycles. The zero-order valence-electron chi connectivity index (χ0n) is 15.7. The summed E-state index contributed by atoms with van der Waals surface area (Å²) in [4.78, 5) is 16.8. The van der Waals surface area contributed by atoms with Crippen LogP contribution in [-0.2, 0) is 4.79 Å². The van der Waals surface area contributed by atoms with E-state index in [1.807, 2.05) is 0 Å². The second-order valence-corrected chi connectivity index (χ2v) is 8.34. The second-order valence-electron chi connectivity index (χ2n) is 8.34. The Hall–Kier alpha value is -1.59. The number of nitrogens with one attached hydrogen (secondary N) is 1. The molecule has 0 aromatic heterocycles. The first-order chi connectivity index (χ1) is 12.6. The molecule has 0 bridgehead atoms. The number of nitrogens with zero attached hydrogens (tertiary/aromatic N) is 2. The quantitative estimate of drug-likeness (QED) is 0.844. The molecule has 4 rings (SSSR count). The van der Waals surface area contributed by atoms with Crippen molar-refractivity contribution in [1.82, 2.24) is 10.2 Å². The van der Waals surface area contributed by atoms with E-state index in [9.17, 15) is 4.79 Å². The number of aliphatic hydroxyl groups excluding tert-OH is 1. The Balaban J connectivity index is 1.34. The molecule has 2 aliphatic heterocycles. The molecule has 3 fully saturated rings. The maximum atomic E-state index is 11.7. The minimum absolute atomic E-state index is 0.219. The molecule has 26 heavy (non-hydrogen) atoms. The number of carbonyl (C=O) groups is 1. The van der Waals surface area contributed by atoms with E-state index in [4.69, 9.17) is 5.11 Å². The first-order valence-electron chi connectivity index (χ1n) is 10.1. The minimum Gasteiger partial charge on any atom is -0.387 e. The zero-order valence-corrected chi connectivity index (χ0v) is 15.7. The Morgan fingerprint density at radius 2 is 1.96 bits per heavy atom. The summed E-state index contributed by atoms with van der Waals surface area (Å²) < 4.78 is 0. The number of benzene rings is 1. The zero-order chi connectivity index (χ0) is 18.1. The van der Waals surface area contributed by atoms with Gasteiger partial charge in [0.15, 0.2) is 0 Å². The van der Waals surface area contributed by atoms with Gasteiger partial charge in [-0.25, -0.2) is 0 Å². The number of amides is 1. The average Bonchev–Trinajstić information content (AvgIpc) is 3.42. The first kappa shape index (κ1) is 17.8. The van der Waals surface area contributed by atoms with Crippen molar-refractivity contribution in [3.63, 3.8) is 0 Å². The highest BCUT2D eigenvalue weighted by molar-refractivity contribution is 5.77. The summed E-state index contributed by atoms with van der Waals surface area (Å²) in [5.41, 5.74) is 2.66. The summed E-state index contributed by atoms with van der Waals surface area (Å²) >= 11 is 0. The van der Waals surface area contributed by atoms with Crippen molar-refractivity contribution < 1.29 is 9.90 Å². The smallest absolute Gasteiger partial charge is 0.245 e. The molecule has 5 nitrogen and oxygen atoms in total. The Morgan fingerprint density at radius 1 is 1.19 bits per heavy atom. The number of rotatable bonds is 5. The van der Waals surface area contributed by atoms with Gasteiger partial charge in [-0.3, -0.25) is 9.69 Å². The molecule has 3 aliphatic rings. The van der Waals surface area contributed by atoms with Gasteiger partial charge < -0.3 is 15.3 Å². The van der Waals surface area contributed by atoms with Crippen molar-refractivity contribution in [2.75, 3.05) is 37.7 Å². The lowest BCUT2D eigenvalue weighted by molar-refractivity contribution is -0.124. The van der Waals surface area contributed by atoms with Gasteiger partial charge in [0.1, 0.15) is 6.61 Å². The number of anilines is 1. The third-order valence-electron chi connectivity index (χ3n) is 6.46. The van der Waals surface area contributed by atoms with Crippen LogP contribution in [-0.4, -0.2) is 60.8 Å². The largest absolute Gasteiger partial charge is 0.387 e. The van der Waals surface area contributed by atoms with Gasteiger partial charge in [0.05, 0.1) is 0 Å². The summed E-state index contributed by atoms with van der Waals surface area (Å²) in [6.07, 6.45) is 4.98. The standard InChI is InChI=1S/C21H31N3O2/c1-15-3-2-4-18(11-15)23-9-7-17(8-10-23)24-12-19(16-5-6-16)20(13-24)22-21(26)14-25/h2-4,11,16-17,19-20,25H,5-10,12-14H2,1H3,(H,22,26)/t19-,20+/m1/s1. The maximum absolute atomic E-state index is 11.7. The summed E-state index contributed by atoms with van der Waals surface area (Å²) in [6.45, 7) is 6.01. The van der Waals surface area contributed by atoms with E-state index in [1.165, 1.54) is 36.9 Å². The van der Waals surface area contributed by atoms with Crippen molar-refractivity contribution in [2.24, 2.45) is 11.8 Å². The van der Waals surface area contributed by atoms with E-state index >= 15 is 0 Å². The Bertz CT molecular complexity index is 638.